The molecular formula is C12H13BrFNOS. The average Bonchev–Trinajstić information content (AvgIpc) is 2.35. The number of carbonyl (C=O) groups is 1. The van der Waals surface area contributed by atoms with E-state index >= 15 is 0 Å². The van der Waals surface area contributed by atoms with Gasteiger partial charge in [-0.3, -0.25) is 4.79 Å². The molecule has 0 radical (unpaired) electrons. The van der Waals surface area contributed by atoms with Crippen molar-refractivity contribution in [1.82, 2.24) is 5.32 Å². The highest BCUT2D eigenvalue weighted by Crippen LogP contribution is 2.17. The van der Waals surface area contributed by atoms with Gasteiger partial charge in [0.05, 0.1) is 6.04 Å². The van der Waals surface area contributed by atoms with E-state index in [2.05, 4.69) is 21.2 Å². The van der Waals surface area contributed by atoms with Crippen LogP contribution in [0, 0.1) is 5.82 Å². The second-order valence-electron chi connectivity index (χ2n) is 3.96. The highest BCUT2D eigenvalue weighted by atomic mass is 79.9. The van der Waals surface area contributed by atoms with Crippen LogP contribution in [0.2, 0.25) is 0 Å². The van der Waals surface area contributed by atoms with Crippen molar-refractivity contribution in [3.8, 4) is 0 Å². The van der Waals surface area contributed by atoms with Gasteiger partial charge in [-0.15, -0.1) is 0 Å². The lowest BCUT2D eigenvalue weighted by molar-refractivity contribution is -0.120. The van der Waals surface area contributed by atoms with E-state index in [0.29, 0.717) is 5.56 Å². The Kier molecular flexibility index (Phi) is 4.59. The van der Waals surface area contributed by atoms with Crippen LogP contribution in [0.3, 0.4) is 0 Å². The Hall–Kier alpha value is -0.390. The third kappa shape index (κ3) is 3.53. The summed E-state index contributed by atoms with van der Waals surface area (Å²) in [5.74, 6) is 1.57. The minimum atomic E-state index is -0.315. The molecule has 5 heteroatoms. The number of nitrogens with one attached hydrogen (secondary N) is 1. The van der Waals surface area contributed by atoms with Crippen LogP contribution in [0.1, 0.15) is 5.56 Å². The minimum Gasteiger partial charge on any atom is -0.306 e. The van der Waals surface area contributed by atoms with Crippen LogP contribution in [-0.4, -0.2) is 29.9 Å². The van der Waals surface area contributed by atoms with Crippen LogP contribution in [0.4, 0.5) is 4.39 Å². The first kappa shape index (κ1) is 13.1. The zero-order valence-electron chi connectivity index (χ0n) is 9.21. The predicted octanol–water partition coefficient (Wildman–Crippen LogP) is 2.40. The number of halogens is 2. The normalized spacial score (nSPS) is 20.2. The van der Waals surface area contributed by atoms with Gasteiger partial charge in [0.25, 0.3) is 0 Å². The van der Waals surface area contributed by atoms with E-state index in [0.717, 1.165) is 22.5 Å². The first-order chi connectivity index (χ1) is 8.16. The Labute approximate surface area is 112 Å². The summed E-state index contributed by atoms with van der Waals surface area (Å²) in [5.41, 5.74) is 0.460. The van der Waals surface area contributed by atoms with E-state index in [4.69, 9.17) is 0 Å². The van der Waals surface area contributed by atoms with Gasteiger partial charge < -0.3 is 5.32 Å². The summed E-state index contributed by atoms with van der Waals surface area (Å²) in [7, 11) is 0. The Bertz CT molecular complexity index is 421. The molecule has 1 unspecified atom stereocenters. The fourth-order valence-electron chi connectivity index (χ4n) is 1.76. The predicted molar refractivity (Wildman–Crippen MR) is 71.9 cm³/mol. The summed E-state index contributed by atoms with van der Waals surface area (Å²) in [5, 5.41) is 3.17. The van der Waals surface area contributed by atoms with Crippen molar-refractivity contribution in [2.45, 2.75) is 12.5 Å². The molecule has 0 saturated carbocycles. The van der Waals surface area contributed by atoms with Gasteiger partial charge in [0.1, 0.15) is 5.82 Å². The quantitative estimate of drug-likeness (QED) is 0.928. The highest BCUT2D eigenvalue weighted by Gasteiger charge is 2.21. The van der Waals surface area contributed by atoms with Crippen LogP contribution < -0.4 is 5.32 Å². The summed E-state index contributed by atoms with van der Waals surface area (Å²) in [6.07, 6.45) is 0.156. The zero-order chi connectivity index (χ0) is 12.3. The van der Waals surface area contributed by atoms with Crippen molar-refractivity contribution in [3.63, 3.8) is 0 Å². The van der Waals surface area contributed by atoms with Crippen molar-refractivity contribution in [2.75, 3.05) is 18.1 Å². The number of hydrogen-bond acceptors (Lipinski definition) is 3. The molecular weight excluding hydrogens is 305 g/mol. The maximum Gasteiger partial charge on any atom is 0.155 e. The summed E-state index contributed by atoms with van der Waals surface area (Å²) in [6.45, 7) is 0.849. The molecule has 0 amide bonds. The molecule has 1 atom stereocenters. The lowest BCUT2D eigenvalue weighted by Crippen LogP contribution is -2.44. The number of Topliss-reactive ketones (excluding diaryl/α,β-unsaturated/α-hetero) is 1. The second-order valence-corrected chi connectivity index (χ2v) is 6.03. The van der Waals surface area contributed by atoms with E-state index in [9.17, 15) is 9.18 Å². The molecule has 1 fully saturated rings. The fraction of sp³-hybridized carbons (Fsp3) is 0.417. The Morgan fingerprint density at radius 2 is 2.41 bits per heavy atom. The highest BCUT2D eigenvalue weighted by molar-refractivity contribution is 9.10. The average molecular weight is 318 g/mol. The largest absolute Gasteiger partial charge is 0.306 e. The van der Waals surface area contributed by atoms with Gasteiger partial charge in [-0.25, -0.2) is 4.39 Å². The lowest BCUT2D eigenvalue weighted by Gasteiger charge is -2.21. The van der Waals surface area contributed by atoms with Crippen LogP contribution in [0.25, 0.3) is 0 Å². The van der Waals surface area contributed by atoms with Gasteiger partial charge in [0.15, 0.2) is 5.78 Å². The first-order valence-corrected chi connectivity index (χ1v) is 7.39. The third-order valence-electron chi connectivity index (χ3n) is 2.68. The SMILES string of the molecule is O=C(Cc1cc(Br)ccc1F)C1CSCCN1. The van der Waals surface area contributed by atoms with Gasteiger partial charge in [0, 0.05) is 28.9 Å². The summed E-state index contributed by atoms with van der Waals surface area (Å²) in [6, 6.07) is 4.56. The van der Waals surface area contributed by atoms with Crippen LogP contribution >= 0.6 is 27.7 Å². The molecule has 1 saturated heterocycles. The van der Waals surface area contributed by atoms with Crippen LogP contribution in [0.15, 0.2) is 22.7 Å². The molecule has 92 valence electrons. The second kappa shape index (κ2) is 5.98. The Balaban J connectivity index is 2.04. The minimum absolute atomic E-state index is 0.0641. The van der Waals surface area contributed by atoms with E-state index in [1.807, 2.05) is 0 Å². The smallest absolute Gasteiger partial charge is 0.155 e. The van der Waals surface area contributed by atoms with Gasteiger partial charge in [-0.05, 0) is 23.8 Å². The molecule has 2 nitrogen and oxygen atoms in total. The van der Waals surface area contributed by atoms with E-state index < -0.39 is 0 Å². The summed E-state index contributed by atoms with van der Waals surface area (Å²) >= 11 is 5.05. The number of carbonyl (C=O) groups excluding carboxylic acids is 1. The number of rotatable bonds is 3. The van der Waals surface area contributed by atoms with Crippen molar-refractivity contribution < 1.29 is 9.18 Å². The molecule has 1 aromatic rings. The molecule has 0 aromatic heterocycles. The standard InChI is InChI=1S/C12H13BrFNOS/c13-9-1-2-10(14)8(5-9)6-12(16)11-7-17-4-3-15-11/h1-2,5,11,15H,3-4,6-7H2. The van der Waals surface area contributed by atoms with E-state index in [1.165, 1.54) is 6.07 Å². The van der Waals surface area contributed by atoms with Crippen LogP contribution in [0.5, 0.6) is 0 Å². The Morgan fingerprint density at radius 3 is 3.12 bits per heavy atom. The van der Waals surface area contributed by atoms with Gasteiger partial charge >= 0.3 is 0 Å². The molecule has 0 spiro atoms. The van der Waals surface area contributed by atoms with Crippen molar-refractivity contribution in [2.24, 2.45) is 0 Å². The molecule has 1 N–H and O–H groups in total. The molecule has 1 aromatic carbocycles. The molecule has 1 heterocycles. The topological polar surface area (TPSA) is 29.1 Å². The van der Waals surface area contributed by atoms with E-state index in [-0.39, 0.29) is 24.1 Å². The maximum absolute atomic E-state index is 13.5. The van der Waals surface area contributed by atoms with Crippen molar-refractivity contribution in [3.05, 3.63) is 34.1 Å². The first-order valence-electron chi connectivity index (χ1n) is 5.44. The molecule has 1 aliphatic heterocycles. The number of benzene rings is 1. The van der Waals surface area contributed by atoms with E-state index in [1.54, 1.807) is 23.9 Å². The fourth-order valence-corrected chi connectivity index (χ4v) is 3.14. The maximum atomic E-state index is 13.5. The molecule has 0 bridgehead atoms. The Morgan fingerprint density at radius 1 is 1.59 bits per heavy atom. The molecule has 0 aliphatic carbocycles. The molecule has 1 aliphatic rings. The molecule has 17 heavy (non-hydrogen) atoms. The molecule has 2 rings (SSSR count). The van der Waals surface area contributed by atoms with Crippen molar-refractivity contribution >= 4 is 33.5 Å². The summed E-state index contributed by atoms with van der Waals surface area (Å²) < 4.78 is 14.3. The van der Waals surface area contributed by atoms with Crippen LogP contribution in [-0.2, 0) is 11.2 Å². The summed E-state index contributed by atoms with van der Waals surface area (Å²) in [4.78, 5) is 12.0. The third-order valence-corrected chi connectivity index (χ3v) is 4.24. The van der Waals surface area contributed by atoms with Crippen molar-refractivity contribution in [1.29, 1.82) is 0 Å². The number of ketones is 1. The van der Waals surface area contributed by atoms with Gasteiger partial charge in [0.2, 0.25) is 0 Å². The number of thioether (sulfide) groups is 1. The zero-order valence-corrected chi connectivity index (χ0v) is 11.6. The lowest BCUT2D eigenvalue weighted by atomic mass is 10.0. The van der Waals surface area contributed by atoms with Gasteiger partial charge in [-0.1, -0.05) is 15.9 Å². The number of hydrogen-bond donors (Lipinski definition) is 1. The van der Waals surface area contributed by atoms with Gasteiger partial charge in [-0.2, -0.15) is 11.8 Å². The monoisotopic (exact) mass is 317 g/mol.